The SMILES string of the molecule is CCN(CCN(OC)C(=O)c1cc2ccccc2o1)c1c(F)cc(N2C[C@H](CNC(C)=O)OC2=O)cc1F. The van der Waals surface area contributed by atoms with Crippen molar-refractivity contribution in [3.63, 3.8) is 0 Å². The zero-order valence-corrected chi connectivity index (χ0v) is 21.2. The molecule has 1 fully saturated rings. The summed E-state index contributed by atoms with van der Waals surface area (Å²) in [5.41, 5.74) is 0.245. The summed E-state index contributed by atoms with van der Waals surface area (Å²) in [6.07, 6.45) is -1.41. The monoisotopic (exact) mass is 530 g/mol. The summed E-state index contributed by atoms with van der Waals surface area (Å²) in [6.45, 7) is 3.44. The van der Waals surface area contributed by atoms with E-state index in [0.717, 1.165) is 27.5 Å². The van der Waals surface area contributed by atoms with Crippen molar-refractivity contribution in [2.45, 2.75) is 20.0 Å². The van der Waals surface area contributed by atoms with Crippen molar-refractivity contribution in [3.05, 3.63) is 59.9 Å². The highest BCUT2D eigenvalue weighted by atomic mass is 19.1. The third-order valence-electron chi connectivity index (χ3n) is 6.12. The quantitative estimate of drug-likeness (QED) is 0.399. The number of nitrogens with one attached hydrogen (secondary N) is 1. The van der Waals surface area contributed by atoms with Crippen molar-refractivity contribution < 1.29 is 37.2 Å². The molecule has 3 amide bonds. The molecule has 1 saturated heterocycles. The second kappa shape index (κ2) is 11.5. The fourth-order valence-electron chi connectivity index (χ4n) is 4.23. The average Bonchev–Trinajstić information content (AvgIpc) is 3.49. The van der Waals surface area contributed by atoms with Crippen molar-refractivity contribution in [2.24, 2.45) is 0 Å². The van der Waals surface area contributed by atoms with Gasteiger partial charge in [0.15, 0.2) is 17.4 Å². The van der Waals surface area contributed by atoms with Crippen molar-refractivity contribution in [1.29, 1.82) is 0 Å². The number of cyclic esters (lactones) is 1. The fourth-order valence-corrected chi connectivity index (χ4v) is 4.23. The van der Waals surface area contributed by atoms with E-state index in [1.165, 1.54) is 18.9 Å². The third-order valence-corrected chi connectivity index (χ3v) is 6.12. The van der Waals surface area contributed by atoms with E-state index in [9.17, 15) is 14.4 Å². The van der Waals surface area contributed by atoms with Crippen LogP contribution in [0.2, 0.25) is 0 Å². The van der Waals surface area contributed by atoms with Gasteiger partial charge >= 0.3 is 12.0 Å². The molecule has 1 aromatic heterocycles. The van der Waals surface area contributed by atoms with Crippen LogP contribution in [0.1, 0.15) is 24.4 Å². The van der Waals surface area contributed by atoms with Crippen LogP contribution < -0.4 is 15.1 Å². The van der Waals surface area contributed by atoms with E-state index in [1.807, 2.05) is 12.1 Å². The minimum absolute atomic E-state index is 0.00582. The number of hydroxylamine groups is 2. The van der Waals surface area contributed by atoms with E-state index >= 15 is 8.78 Å². The van der Waals surface area contributed by atoms with Gasteiger partial charge in [0.05, 0.1) is 32.4 Å². The highest BCUT2D eigenvalue weighted by molar-refractivity contribution is 5.95. The lowest BCUT2D eigenvalue weighted by molar-refractivity contribution is -0.119. The Morgan fingerprint density at radius 3 is 2.50 bits per heavy atom. The summed E-state index contributed by atoms with van der Waals surface area (Å²) in [5, 5.41) is 4.36. The number of anilines is 2. The number of para-hydroxylation sites is 1. The molecule has 1 aliphatic rings. The molecule has 1 N–H and O–H groups in total. The number of carbonyl (C=O) groups excluding carboxylic acids is 3. The number of benzene rings is 2. The number of rotatable bonds is 10. The Morgan fingerprint density at radius 2 is 1.87 bits per heavy atom. The number of carbonyl (C=O) groups is 3. The molecule has 202 valence electrons. The molecule has 1 aliphatic heterocycles. The van der Waals surface area contributed by atoms with Crippen molar-refractivity contribution in [1.82, 2.24) is 10.4 Å². The van der Waals surface area contributed by atoms with Crippen molar-refractivity contribution >= 4 is 40.3 Å². The Bertz CT molecular complexity index is 1290. The number of nitrogens with zero attached hydrogens (tertiary/aromatic N) is 3. The van der Waals surface area contributed by atoms with Crippen LogP contribution in [0.5, 0.6) is 0 Å². The molecule has 0 radical (unpaired) electrons. The number of hydrogen-bond acceptors (Lipinski definition) is 7. The number of likely N-dealkylation sites (N-methyl/N-ethyl adjacent to an activating group) is 1. The molecule has 0 saturated carbocycles. The van der Waals surface area contributed by atoms with E-state index < -0.39 is 29.7 Å². The lowest BCUT2D eigenvalue weighted by Crippen LogP contribution is -2.38. The van der Waals surface area contributed by atoms with E-state index in [0.29, 0.717) is 5.58 Å². The molecular formula is C26H28F2N4O6. The van der Waals surface area contributed by atoms with Gasteiger partial charge in [0.1, 0.15) is 17.4 Å². The van der Waals surface area contributed by atoms with Gasteiger partial charge in [-0.15, -0.1) is 0 Å². The normalized spacial score (nSPS) is 15.0. The van der Waals surface area contributed by atoms with Gasteiger partial charge < -0.3 is 19.4 Å². The van der Waals surface area contributed by atoms with Gasteiger partial charge in [-0.3, -0.25) is 19.3 Å². The van der Waals surface area contributed by atoms with E-state index in [-0.39, 0.29) is 55.8 Å². The first-order valence-corrected chi connectivity index (χ1v) is 12.0. The van der Waals surface area contributed by atoms with Crippen molar-refractivity contribution in [3.8, 4) is 0 Å². The second-order valence-corrected chi connectivity index (χ2v) is 8.63. The summed E-state index contributed by atoms with van der Waals surface area (Å²) in [6, 6.07) is 10.9. The molecule has 2 heterocycles. The first-order valence-electron chi connectivity index (χ1n) is 12.0. The molecule has 3 aromatic rings. The predicted molar refractivity (Wildman–Crippen MR) is 135 cm³/mol. The average molecular weight is 531 g/mol. The number of fused-ring (bicyclic) bond motifs is 1. The summed E-state index contributed by atoms with van der Waals surface area (Å²) in [7, 11) is 1.32. The highest BCUT2D eigenvalue weighted by Crippen LogP contribution is 2.31. The first-order chi connectivity index (χ1) is 18.2. The predicted octanol–water partition coefficient (Wildman–Crippen LogP) is 3.70. The minimum Gasteiger partial charge on any atom is -0.451 e. The molecule has 0 bridgehead atoms. The lowest BCUT2D eigenvalue weighted by Gasteiger charge is -2.28. The second-order valence-electron chi connectivity index (χ2n) is 8.63. The van der Waals surface area contributed by atoms with Gasteiger partial charge in [-0.1, -0.05) is 18.2 Å². The first kappa shape index (κ1) is 26.9. The molecule has 12 heteroatoms. The Balaban J connectivity index is 1.46. The molecule has 0 aliphatic carbocycles. The van der Waals surface area contributed by atoms with Crippen LogP contribution in [0, 0.1) is 11.6 Å². The highest BCUT2D eigenvalue weighted by Gasteiger charge is 2.34. The third kappa shape index (κ3) is 5.70. The van der Waals surface area contributed by atoms with E-state index in [1.54, 1.807) is 25.1 Å². The number of furan rings is 1. The maximum Gasteiger partial charge on any atom is 0.414 e. The zero-order chi connectivity index (χ0) is 27.4. The Hall–Kier alpha value is -4.19. The molecule has 1 atom stereocenters. The standard InChI is InChI=1S/C26H28F2N4O6/c1-4-30(9-10-32(36-3)25(34)23-11-17-7-5-6-8-22(17)38-23)24-20(27)12-18(13-21(24)28)31-15-19(37-26(31)35)14-29-16(2)33/h5-8,11-13,19H,4,9-10,14-15H2,1-3H3,(H,29,33)/t19-/m0/s1. The lowest BCUT2D eigenvalue weighted by atomic mass is 10.2. The molecule has 38 heavy (non-hydrogen) atoms. The van der Waals surface area contributed by atoms with Gasteiger partial charge in [0.25, 0.3) is 0 Å². The van der Waals surface area contributed by atoms with Gasteiger partial charge in [-0.25, -0.2) is 18.6 Å². The molecular weight excluding hydrogens is 502 g/mol. The number of halogens is 2. The van der Waals surface area contributed by atoms with Crippen LogP contribution in [0.15, 0.2) is 46.9 Å². The Morgan fingerprint density at radius 1 is 1.16 bits per heavy atom. The van der Waals surface area contributed by atoms with E-state index in [4.69, 9.17) is 14.0 Å². The summed E-state index contributed by atoms with van der Waals surface area (Å²) in [5.74, 6) is -2.50. The van der Waals surface area contributed by atoms with Gasteiger partial charge in [-0.2, -0.15) is 0 Å². The molecule has 4 rings (SSSR count). The minimum atomic E-state index is -0.882. The fraction of sp³-hybridized carbons (Fsp3) is 0.346. The topological polar surface area (TPSA) is 105 Å². The van der Waals surface area contributed by atoms with Gasteiger partial charge in [-0.05, 0) is 19.1 Å². The summed E-state index contributed by atoms with van der Waals surface area (Å²) >= 11 is 0. The molecule has 0 spiro atoms. The van der Waals surface area contributed by atoms with Gasteiger partial charge in [0, 0.05) is 37.5 Å². The van der Waals surface area contributed by atoms with Crippen molar-refractivity contribution in [2.75, 3.05) is 49.6 Å². The smallest absolute Gasteiger partial charge is 0.414 e. The maximum absolute atomic E-state index is 15.2. The summed E-state index contributed by atoms with van der Waals surface area (Å²) in [4.78, 5) is 44.0. The van der Waals surface area contributed by atoms with E-state index in [2.05, 4.69) is 5.32 Å². The van der Waals surface area contributed by atoms with Crippen LogP contribution >= 0.6 is 0 Å². The largest absolute Gasteiger partial charge is 0.451 e. The number of ether oxygens (including phenoxy) is 1. The number of hydrogen-bond donors (Lipinski definition) is 1. The molecule has 2 aromatic carbocycles. The van der Waals surface area contributed by atoms with Crippen LogP contribution in [0.3, 0.4) is 0 Å². The molecule has 0 unspecified atom stereocenters. The van der Waals surface area contributed by atoms with Crippen LogP contribution in [-0.2, 0) is 14.4 Å². The molecule has 10 nitrogen and oxygen atoms in total. The maximum atomic E-state index is 15.2. The zero-order valence-electron chi connectivity index (χ0n) is 21.2. The number of amides is 3. The van der Waals surface area contributed by atoms with Gasteiger partial charge in [0.2, 0.25) is 5.91 Å². The summed E-state index contributed by atoms with van der Waals surface area (Å²) < 4.78 is 41.1. The van der Waals surface area contributed by atoms with Crippen LogP contribution in [-0.4, -0.2) is 68.9 Å². The van der Waals surface area contributed by atoms with Crippen LogP contribution in [0.25, 0.3) is 11.0 Å². The Kier molecular flexibility index (Phi) is 8.10. The Labute approximate surface area is 217 Å². The van der Waals surface area contributed by atoms with Crippen LogP contribution in [0.4, 0.5) is 25.0 Å².